The second-order valence-corrected chi connectivity index (χ2v) is 6.87. The molecule has 0 aliphatic rings. The van der Waals surface area contributed by atoms with Gasteiger partial charge in [0.2, 0.25) is 0 Å². The molecule has 0 saturated carbocycles. The number of nitrogens with zero attached hydrogens (tertiary/aromatic N) is 1. The van der Waals surface area contributed by atoms with E-state index in [1.807, 2.05) is 53.9 Å². The first kappa shape index (κ1) is 16.4. The van der Waals surface area contributed by atoms with Gasteiger partial charge >= 0.3 is 0 Å². The van der Waals surface area contributed by atoms with E-state index in [9.17, 15) is 4.79 Å². The van der Waals surface area contributed by atoms with E-state index in [0.717, 1.165) is 15.8 Å². The van der Waals surface area contributed by atoms with Crippen LogP contribution in [-0.2, 0) is 6.54 Å². The number of ether oxygens (including phenoxy) is 1. The topological polar surface area (TPSA) is 43.3 Å². The Morgan fingerprint density at radius 3 is 2.65 bits per heavy atom. The fraction of sp³-hybridized carbons (Fsp3) is 0.0952. The summed E-state index contributed by atoms with van der Waals surface area (Å²) in [7, 11) is 1.60. The van der Waals surface area contributed by atoms with Crippen LogP contribution in [0.4, 0.5) is 5.69 Å². The summed E-state index contributed by atoms with van der Waals surface area (Å²) in [6, 6.07) is 21.6. The highest BCUT2D eigenvalue weighted by Crippen LogP contribution is 2.28. The van der Waals surface area contributed by atoms with E-state index in [-0.39, 0.29) is 5.91 Å². The van der Waals surface area contributed by atoms with E-state index in [1.165, 1.54) is 0 Å². The minimum Gasteiger partial charge on any atom is -0.495 e. The van der Waals surface area contributed by atoms with Crippen molar-refractivity contribution in [2.45, 2.75) is 6.54 Å². The third-order valence-corrected chi connectivity index (χ3v) is 5.15. The number of carbonyl (C=O) groups is 1. The number of nitrogens with one attached hydrogen (secondary N) is 1. The van der Waals surface area contributed by atoms with Crippen LogP contribution >= 0.6 is 11.3 Å². The summed E-state index contributed by atoms with van der Waals surface area (Å²) in [4.78, 5) is 13.0. The maximum atomic E-state index is 13.0. The Labute approximate surface area is 155 Å². The standard InChI is InChI=1S/C21H18N2O2S/c1-25-19-10-6-5-9-16(19)22-21(24)18-13-20-17(11-12-26-20)23(18)14-15-7-3-2-4-8-15/h2-13H,14H2,1H3,(H,22,24). The van der Waals surface area contributed by atoms with Gasteiger partial charge < -0.3 is 14.6 Å². The minimum absolute atomic E-state index is 0.145. The Morgan fingerprint density at radius 1 is 1.08 bits per heavy atom. The molecule has 0 aliphatic heterocycles. The number of rotatable bonds is 5. The second kappa shape index (κ2) is 7.06. The molecule has 2 heterocycles. The van der Waals surface area contributed by atoms with E-state index < -0.39 is 0 Å². The van der Waals surface area contributed by atoms with Gasteiger partial charge in [-0.2, -0.15) is 0 Å². The van der Waals surface area contributed by atoms with Gasteiger partial charge in [0, 0.05) is 6.54 Å². The zero-order valence-electron chi connectivity index (χ0n) is 14.3. The molecule has 0 spiro atoms. The summed E-state index contributed by atoms with van der Waals surface area (Å²) in [5.74, 6) is 0.498. The third-order valence-electron chi connectivity index (χ3n) is 4.29. The summed E-state index contributed by atoms with van der Waals surface area (Å²) in [6.45, 7) is 0.649. The van der Waals surface area contributed by atoms with Gasteiger partial charge in [0.05, 0.1) is 23.0 Å². The Hall–Kier alpha value is -3.05. The third kappa shape index (κ3) is 3.09. The Morgan fingerprint density at radius 2 is 1.85 bits per heavy atom. The molecule has 1 N–H and O–H groups in total. The molecular weight excluding hydrogens is 344 g/mol. The number of thiophene rings is 1. The molecule has 0 atom stereocenters. The predicted molar refractivity (Wildman–Crippen MR) is 106 cm³/mol. The zero-order chi connectivity index (χ0) is 17.9. The van der Waals surface area contributed by atoms with Crippen LogP contribution < -0.4 is 10.1 Å². The van der Waals surface area contributed by atoms with Crippen molar-refractivity contribution in [2.75, 3.05) is 12.4 Å². The van der Waals surface area contributed by atoms with Crippen molar-refractivity contribution in [1.82, 2.24) is 4.57 Å². The number of anilines is 1. The van der Waals surface area contributed by atoms with Gasteiger partial charge in [-0.15, -0.1) is 11.3 Å². The quantitative estimate of drug-likeness (QED) is 0.542. The minimum atomic E-state index is -0.145. The summed E-state index contributed by atoms with van der Waals surface area (Å²) in [5.41, 5.74) is 3.53. The first-order valence-corrected chi connectivity index (χ1v) is 9.19. The van der Waals surface area contributed by atoms with E-state index in [0.29, 0.717) is 23.7 Å². The Kier molecular flexibility index (Phi) is 4.46. The molecule has 5 heteroatoms. The highest BCUT2D eigenvalue weighted by atomic mass is 32.1. The number of fused-ring (bicyclic) bond motifs is 1. The van der Waals surface area contributed by atoms with Gasteiger partial charge in [0.25, 0.3) is 5.91 Å². The van der Waals surface area contributed by atoms with Crippen LogP contribution in [0.25, 0.3) is 10.2 Å². The number of hydrogen-bond donors (Lipinski definition) is 1. The van der Waals surface area contributed by atoms with Crippen LogP contribution in [0.3, 0.4) is 0 Å². The van der Waals surface area contributed by atoms with Gasteiger partial charge in [-0.3, -0.25) is 4.79 Å². The predicted octanol–water partition coefficient (Wildman–Crippen LogP) is 5.01. The molecule has 0 fully saturated rings. The molecule has 0 radical (unpaired) electrons. The fourth-order valence-electron chi connectivity index (χ4n) is 3.04. The molecule has 0 unspecified atom stereocenters. The number of hydrogen-bond acceptors (Lipinski definition) is 3. The SMILES string of the molecule is COc1ccccc1NC(=O)c1cc2sccc2n1Cc1ccccc1. The fourth-order valence-corrected chi connectivity index (χ4v) is 3.86. The van der Waals surface area contributed by atoms with Crippen LogP contribution in [-0.4, -0.2) is 17.6 Å². The first-order chi connectivity index (χ1) is 12.8. The van der Waals surface area contributed by atoms with Crippen molar-refractivity contribution < 1.29 is 9.53 Å². The lowest BCUT2D eigenvalue weighted by molar-refractivity contribution is 0.101. The molecule has 4 aromatic rings. The molecule has 2 aromatic carbocycles. The average Bonchev–Trinajstić information content (AvgIpc) is 3.26. The molecule has 4 rings (SSSR count). The Balaban J connectivity index is 1.70. The maximum absolute atomic E-state index is 13.0. The van der Waals surface area contributed by atoms with Crippen LogP contribution in [0.1, 0.15) is 16.1 Å². The molecule has 130 valence electrons. The lowest BCUT2D eigenvalue weighted by Gasteiger charge is -2.13. The number of amides is 1. The number of para-hydroxylation sites is 2. The van der Waals surface area contributed by atoms with E-state index in [1.54, 1.807) is 18.4 Å². The van der Waals surface area contributed by atoms with E-state index in [2.05, 4.69) is 28.1 Å². The van der Waals surface area contributed by atoms with Gasteiger partial charge in [0.15, 0.2) is 0 Å². The van der Waals surface area contributed by atoms with E-state index in [4.69, 9.17) is 4.74 Å². The second-order valence-electron chi connectivity index (χ2n) is 5.93. The van der Waals surface area contributed by atoms with Crippen molar-refractivity contribution in [3.8, 4) is 5.75 Å². The van der Waals surface area contributed by atoms with Crippen molar-refractivity contribution in [3.05, 3.63) is 83.4 Å². The number of aromatic nitrogens is 1. The lowest BCUT2D eigenvalue weighted by atomic mass is 10.2. The van der Waals surface area contributed by atoms with Gasteiger partial charge in [-0.25, -0.2) is 0 Å². The van der Waals surface area contributed by atoms with Crippen molar-refractivity contribution in [3.63, 3.8) is 0 Å². The summed E-state index contributed by atoms with van der Waals surface area (Å²) >= 11 is 1.64. The Bertz CT molecular complexity index is 1050. The molecule has 0 aliphatic carbocycles. The highest BCUT2D eigenvalue weighted by molar-refractivity contribution is 7.17. The number of benzene rings is 2. The highest BCUT2D eigenvalue weighted by Gasteiger charge is 2.18. The van der Waals surface area contributed by atoms with Crippen LogP contribution in [0.15, 0.2) is 72.1 Å². The molecule has 0 bridgehead atoms. The molecule has 4 nitrogen and oxygen atoms in total. The van der Waals surface area contributed by atoms with Gasteiger partial charge in [0.1, 0.15) is 11.4 Å². The summed E-state index contributed by atoms with van der Waals surface area (Å²) < 4.78 is 8.50. The molecular formula is C21H18N2O2S. The van der Waals surface area contributed by atoms with Crippen molar-refractivity contribution in [1.29, 1.82) is 0 Å². The summed E-state index contributed by atoms with van der Waals surface area (Å²) in [6.07, 6.45) is 0. The number of methoxy groups -OCH3 is 1. The molecule has 0 saturated heterocycles. The smallest absolute Gasteiger partial charge is 0.272 e. The van der Waals surface area contributed by atoms with Crippen LogP contribution in [0, 0.1) is 0 Å². The van der Waals surface area contributed by atoms with Gasteiger partial charge in [-0.1, -0.05) is 42.5 Å². The monoisotopic (exact) mass is 362 g/mol. The zero-order valence-corrected chi connectivity index (χ0v) is 15.1. The largest absolute Gasteiger partial charge is 0.495 e. The van der Waals surface area contributed by atoms with Gasteiger partial charge in [-0.05, 0) is 35.2 Å². The van der Waals surface area contributed by atoms with Crippen molar-refractivity contribution in [2.24, 2.45) is 0 Å². The normalized spacial score (nSPS) is 10.8. The van der Waals surface area contributed by atoms with Crippen LogP contribution in [0.5, 0.6) is 5.75 Å². The van der Waals surface area contributed by atoms with Crippen molar-refractivity contribution >= 4 is 33.1 Å². The summed E-state index contributed by atoms with van der Waals surface area (Å²) in [5, 5.41) is 5.02. The molecule has 2 aromatic heterocycles. The maximum Gasteiger partial charge on any atom is 0.272 e. The van der Waals surface area contributed by atoms with E-state index >= 15 is 0 Å². The average molecular weight is 362 g/mol. The molecule has 26 heavy (non-hydrogen) atoms. The molecule has 1 amide bonds. The first-order valence-electron chi connectivity index (χ1n) is 8.31. The van der Waals surface area contributed by atoms with Crippen LogP contribution in [0.2, 0.25) is 0 Å². The lowest BCUT2D eigenvalue weighted by Crippen LogP contribution is -2.18. The number of carbonyl (C=O) groups excluding carboxylic acids is 1.